The van der Waals surface area contributed by atoms with Crippen LogP contribution in [0.4, 0.5) is 0 Å². The molecule has 0 aromatic heterocycles. The Morgan fingerprint density at radius 3 is 2.46 bits per heavy atom. The lowest BCUT2D eigenvalue weighted by Crippen LogP contribution is -2.39. The van der Waals surface area contributed by atoms with Gasteiger partial charge in [-0.25, -0.2) is 0 Å². The summed E-state index contributed by atoms with van der Waals surface area (Å²) in [6.45, 7) is 4.63. The van der Waals surface area contributed by atoms with Gasteiger partial charge in [0.2, 0.25) is 0 Å². The molecule has 1 aromatic rings. The zero-order chi connectivity index (χ0) is 17.1. The van der Waals surface area contributed by atoms with Crippen LogP contribution in [0.2, 0.25) is 0 Å². The predicted octanol–water partition coefficient (Wildman–Crippen LogP) is 1.92. The van der Waals surface area contributed by atoms with Gasteiger partial charge in [0, 0.05) is 31.7 Å². The van der Waals surface area contributed by atoms with Crippen LogP contribution in [0, 0.1) is 0 Å². The predicted molar refractivity (Wildman–Crippen MR) is 94.6 cm³/mol. The highest BCUT2D eigenvalue weighted by atomic mass is 35.5. The standard InChI is InChI=1S/C17H23N3O3.ClH/c1-4-5-8-20-16(22)13-7-6-12(9-14(13)17(20)23)15(21)19(3)11(2)10-18;/h6-7,9,11H,4-5,8,10,18H2,1-3H3;1H. The maximum atomic E-state index is 12.4. The molecule has 0 fully saturated rings. The van der Waals surface area contributed by atoms with Crippen molar-refractivity contribution in [1.82, 2.24) is 9.80 Å². The Morgan fingerprint density at radius 2 is 1.88 bits per heavy atom. The second kappa shape index (κ2) is 8.26. The van der Waals surface area contributed by atoms with Crippen molar-refractivity contribution < 1.29 is 14.4 Å². The second-order valence-corrected chi connectivity index (χ2v) is 5.88. The summed E-state index contributed by atoms with van der Waals surface area (Å²) in [5, 5.41) is 0. The smallest absolute Gasteiger partial charge is 0.261 e. The molecule has 2 N–H and O–H groups in total. The van der Waals surface area contributed by atoms with Crippen LogP contribution in [0.15, 0.2) is 18.2 Å². The number of fused-ring (bicyclic) bond motifs is 1. The van der Waals surface area contributed by atoms with Crippen LogP contribution in [-0.4, -0.2) is 53.7 Å². The molecular formula is C17H24ClN3O3. The zero-order valence-electron chi connectivity index (χ0n) is 14.2. The van der Waals surface area contributed by atoms with Gasteiger partial charge in [-0.3, -0.25) is 19.3 Å². The highest BCUT2D eigenvalue weighted by molar-refractivity contribution is 6.22. The van der Waals surface area contributed by atoms with Gasteiger partial charge in [0.05, 0.1) is 11.1 Å². The van der Waals surface area contributed by atoms with E-state index in [0.717, 1.165) is 12.8 Å². The van der Waals surface area contributed by atoms with Crippen molar-refractivity contribution in [2.75, 3.05) is 20.1 Å². The van der Waals surface area contributed by atoms with Gasteiger partial charge < -0.3 is 10.6 Å². The van der Waals surface area contributed by atoms with Crippen molar-refractivity contribution in [3.63, 3.8) is 0 Å². The van der Waals surface area contributed by atoms with Crippen molar-refractivity contribution in [2.24, 2.45) is 5.73 Å². The van der Waals surface area contributed by atoms with Gasteiger partial charge in [0.1, 0.15) is 0 Å². The Balaban J connectivity index is 0.00000288. The number of unbranched alkanes of at least 4 members (excludes halogenated alkanes) is 1. The van der Waals surface area contributed by atoms with E-state index in [1.165, 1.54) is 15.9 Å². The average Bonchev–Trinajstić information content (AvgIpc) is 2.81. The third-order valence-electron chi connectivity index (χ3n) is 4.28. The van der Waals surface area contributed by atoms with Crippen LogP contribution < -0.4 is 5.73 Å². The molecule has 1 aliphatic rings. The monoisotopic (exact) mass is 353 g/mol. The fourth-order valence-electron chi connectivity index (χ4n) is 2.50. The molecule has 0 spiro atoms. The first-order chi connectivity index (χ1) is 10.9. The number of imide groups is 1. The van der Waals surface area contributed by atoms with Crippen molar-refractivity contribution >= 4 is 30.1 Å². The van der Waals surface area contributed by atoms with Crippen LogP contribution in [0.1, 0.15) is 57.8 Å². The van der Waals surface area contributed by atoms with Gasteiger partial charge in [-0.2, -0.15) is 0 Å². The number of nitrogens with two attached hydrogens (primary N) is 1. The molecule has 0 saturated carbocycles. The third-order valence-corrected chi connectivity index (χ3v) is 4.28. The van der Waals surface area contributed by atoms with E-state index in [4.69, 9.17) is 5.73 Å². The van der Waals surface area contributed by atoms with Crippen LogP contribution in [-0.2, 0) is 0 Å². The molecule has 1 aliphatic heterocycles. The lowest BCUT2D eigenvalue weighted by molar-refractivity contribution is 0.0651. The Morgan fingerprint density at radius 1 is 1.25 bits per heavy atom. The van der Waals surface area contributed by atoms with E-state index in [-0.39, 0.29) is 36.2 Å². The molecule has 1 atom stereocenters. The fourth-order valence-corrected chi connectivity index (χ4v) is 2.50. The van der Waals surface area contributed by atoms with E-state index in [0.29, 0.717) is 29.8 Å². The zero-order valence-corrected chi connectivity index (χ0v) is 15.1. The number of nitrogens with zero attached hydrogens (tertiary/aromatic N) is 2. The summed E-state index contributed by atoms with van der Waals surface area (Å²) in [5.41, 5.74) is 6.66. The van der Waals surface area contributed by atoms with Crippen molar-refractivity contribution in [2.45, 2.75) is 32.7 Å². The van der Waals surface area contributed by atoms with E-state index in [9.17, 15) is 14.4 Å². The molecular weight excluding hydrogens is 330 g/mol. The Labute approximate surface area is 148 Å². The van der Waals surface area contributed by atoms with Crippen molar-refractivity contribution in [3.05, 3.63) is 34.9 Å². The largest absolute Gasteiger partial charge is 0.338 e. The highest BCUT2D eigenvalue weighted by Crippen LogP contribution is 2.25. The summed E-state index contributed by atoms with van der Waals surface area (Å²) < 4.78 is 0. The highest BCUT2D eigenvalue weighted by Gasteiger charge is 2.35. The molecule has 3 amide bonds. The number of likely N-dealkylation sites (N-methyl/N-ethyl adjacent to an activating group) is 1. The number of carbonyl (C=O) groups excluding carboxylic acids is 3. The number of amides is 3. The third kappa shape index (κ3) is 3.60. The minimum Gasteiger partial charge on any atom is -0.338 e. The quantitative estimate of drug-likeness (QED) is 0.792. The molecule has 0 aliphatic carbocycles. The summed E-state index contributed by atoms with van der Waals surface area (Å²) in [5.74, 6) is -0.804. The molecule has 24 heavy (non-hydrogen) atoms. The molecule has 1 heterocycles. The van der Waals surface area contributed by atoms with Gasteiger partial charge in [-0.15, -0.1) is 12.4 Å². The van der Waals surface area contributed by atoms with E-state index in [1.807, 2.05) is 13.8 Å². The number of rotatable bonds is 6. The molecule has 0 saturated heterocycles. The number of benzene rings is 1. The SMILES string of the molecule is CCCCN1C(=O)c2ccc(C(=O)N(C)C(C)CN)cc2C1=O.Cl. The maximum absolute atomic E-state index is 12.4. The Hall–Kier alpha value is -1.92. The lowest BCUT2D eigenvalue weighted by Gasteiger charge is -2.23. The first-order valence-electron chi connectivity index (χ1n) is 7.89. The second-order valence-electron chi connectivity index (χ2n) is 5.88. The first kappa shape index (κ1) is 20.1. The van der Waals surface area contributed by atoms with Crippen LogP contribution in [0.25, 0.3) is 0 Å². The molecule has 132 valence electrons. The van der Waals surface area contributed by atoms with Crippen molar-refractivity contribution in [1.29, 1.82) is 0 Å². The molecule has 6 nitrogen and oxygen atoms in total. The topological polar surface area (TPSA) is 83.7 Å². The minimum absolute atomic E-state index is 0. The van der Waals surface area contributed by atoms with Gasteiger partial charge in [-0.05, 0) is 31.5 Å². The fraction of sp³-hybridized carbons (Fsp3) is 0.471. The summed E-state index contributed by atoms with van der Waals surface area (Å²) in [6, 6.07) is 4.57. The summed E-state index contributed by atoms with van der Waals surface area (Å²) in [7, 11) is 1.67. The summed E-state index contributed by atoms with van der Waals surface area (Å²) >= 11 is 0. The van der Waals surface area contributed by atoms with E-state index >= 15 is 0 Å². The molecule has 0 bridgehead atoms. The van der Waals surface area contributed by atoms with Gasteiger partial charge in [0.15, 0.2) is 0 Å². The molecule has 0 radical (unpaired) electrons. The minimum atomic E-state index is -0.317. The van der Waals surface area contributed by atoms with Crippen LogP contribution >= 0.6 is 12.4 Å². The number of hydrogen-bond acceptors (Lipinski definition) is 4. The molecule has 7 heteroatoms. The maximum Gasteiger partial charge on any atom is 0.261 e. The normalized spacial score (nSPS) is 14.2. The van der Waals surface area contributed by atoms with E-state index in [2.05, 4.69) is 0 Å². The lowest BCUT2D eigenvalue weighted by atomic mass is 10.0. The Kier molecular flexibility index (Phi) is 6.93. The summed E-state index contributed by atoms with van der Waals surface area (Å²) in [4.78, 5) is 39.9. The average molecular weight is 354 g/mol. The molecule has 1 unspecified atom stereocenters. The number of halogens is 1. The van der Waals surface area contributed by atoms with E-state index < -0.39 is 0 Å². The van der Waals surface area contributed by atoms with Crippen LogP contribution in [0.5, 0.6) is 0 Å². The molecule has 2 rings (SSSR count). The summed E-state index contributed by atoms with van der Waals surface area (Å²) in [6.07, 6.45) is 1.67. The van der Waals surface area contributed by atoms with Crippen molar-refractivity contribution in [3.8, 4) is 0 Å². The first-order valence-corrected chi connectivity index (χ1v) is 7.89. The Bertz CT molecular complexity index is 648. The number of hydrogen-bond donors (Lipinski definition) is 1. The molecule has 1 aromatic carbocycles. The van der Waals surface area contributed by atoms with E-state index in [1.54, 1.807) is 19.2 Å². The van der Waals surface area contributed by atoms with Gasteiger partial charge in [-0.1, -0.05) is 13.3 Å². The van der Waals surface area contributed by atoms with Gasteiger partial charge >= 0.3 is 0 Å². The number of carbonyl (C=O) groups is 3. The van der Waals surface area contributed by atoms with Crippen LogP contribution in [0.3, 0.4) is 0 Å². The van der Waals surface area contributed by atoms with Gasteiger partial charge in [0.25, 0.3) is 17.7 Å².